The molecule has 0 atom stereocenters. The first-order valence-electron chi connectivity index (χ1n) is 11.1. The molecule has 11 nitrogen and oxygen atoms in total. The average Bonchev–Trinajstić information content (AvgIpc) is 2.71. The highest BCUT2D eigenvalue weighted by atomic mass is 32.2. The fourth-order valence-electron chi connectivity index (χ4n) is 2.80. The minimum Gasteiger partial charge on any atom is -0.386 e. The van der Waals surface area contributed by atoms with Crippen molar-refractivity contribution in [1.29, 1.82) is 0 Å². The molecular weight excluding hydrogens is 446 g/mol. The molecule has 3 aromatic rings. The summed E-state index contributed by atoms with van der Waals surface area (Å²) in [5, 5.41) is 25.4. The molecule has 12 heteroatoms. The second-order valence-corrected chi connectivity index (χ2v) is 9.74. The summed E-state index contributed by atoms with van der Waals surface area (Å²) in [6.45, 7) is 2.10. The number of carbonyl (C=O) groups is 1. The lowest BCUT2D eigenvalue weighted by Crippen LogP contribution is -2.22. The average molecular weight is 475 g/mol. The zero-order valence-electron chi connectivity index (χ0n) is 21.3. The van der Waals surface area contributed by atoms with Gasteiger partial charge in [-0.2, -0.15) is 0 Å². The normalized spacial score (nSPS) is 13.4. The maximum absolute atomic E-state index is 12.6. The van der Waals surface area contributed by atoms with Crippen molar-refractivity contribution in [2.24, 2.45) is 0 Å². The summed E-state index contributed by atoms with van der Waals surface area (Å²) in [6, 6.07) is 7.48. The van der Waals surface area contributed by atoms with Crippen LogP contribution >= 0.6 is 0 Å². The molecule has 0 saturated carbocycles. The van der Waals surface area contributed by atoms with Gasteiger partial charge in [0.2, 0.25) is 0 Å². The van der Waals surface area contributed by atoms with Gasteiger partial charge in [-0.05, 0) is 39.0 Å². The molecule has 3 heterocycles. The number of hydrogen-bond acceptors (Lipinski definition) is 10. The zero-order chi connectivity index (χ0) is 26.9. The second kappa shape index (κ2) is 9.08. The van der Waals surface area contributed by atoms with E-state index in [2.05, 4.69) is 30.8 Å². The summed E-state index contributed by atoms with van der Waals surface area (Å²) in [4.78, 5) is 20.9. The number of rotatable bonds is 7. The highest BCUT2D eigenvalue weighted by Gasteiger charge is 2.20. The van der Waals surface area contributed by atoms with Gasteiger partial charge in [0.1, 0.15) is 16.5 Å². The fourth-order valence-corrected chi connectivity index (χ4v) is 3.56. The van der Waals surface area contributed by atoms with Crippen LogP contribution in [0.1, 0.15) is 39.7 Å². The molecule has 0 spiro atoms. The topological polar surface area (TPSA) is 159 Å². The van der Waals surface area contributed by atoms with Gasteiger partial charge in [0.05, 0.1) is 11.3 Å². The van der Waals surface area contributed by atoms with Crippen LogP contribution in [-0.4, -0.2) is 52.8 Å². The van der Waals surface area contributed by atoms with Crippen LogP contribution < -0.4 is 16.0 Å². The molecule has 0 radical (unpaired) electrons. The second-order valence-electron chi connectivity index (χ2n) is 7.76. The van der Waals surface area contributed by atoms with Crippen LogP contribution in [0.3, 0.4) is 0 Å². The zero-order valence-corrected chi connectivity index (χ0v) is 19.1. The highest BCUT2D eigenvalue weighted by Crippen LogP contribution is 2.27. The standard InChI is InChI=1S/C21H25N7O4S/c1-12-6-8-15(33(5,31)32)19(24-12)25-14-10-17(27-28-18(14)20(29)22-4)26-16-9-7-13(11-23-16)21(2,3)30/h6-11,30H,1-5H3,(H,22,29)(H2,23,24,25,26,27)/i4D3. The van der Waals surface area contributed by atoms with Crippen LogP contribution in [0.25, 0.3) is 0 Å². The Morgan fingerprint density at radius 3 is 2.48 bits per heavy atom. The number of carbonyl (C=O) groups excluding carboxylic acids is 1. The molecule has 3 rings (SSSR count). The summed E-state index contributed by atoms with van der Waals surface area (Å²) in [7, 11) is -3.70. The minimum absolute atomic E-state index is 0.0506. The van der Waals surface area contributed by atoms with Crippen molar-refractivity contribution in [3.8, 4) is 0 Å². The Morgan fingerprint density at radius 1 is 1.12 bits per heavy atom. The minimum atomic E-state index is -3.70. The third-order valence-electron chi connectivity index (χ3n) is 4.50. The number of nitrogens with one attached hydrogen (secondary N) is 3. The highest BCUT2D eigenvalue weighted by molar-refractivity contribution is 7.90. The molecule has 0 aliphatic carbocycles. The number of pyridine rings is 2. The van der Waals surface area contributed by atoms with Gasteiger partial charge in [-0.25, -0.2) is 18.4 Å². The molecule has 0 saturated heterocycles. The molecule has 3 aromatic heterocycles. The van der Waals surface area contributed by atoms with Crippen molar-refractivity contribution < 1.29 is 22.4 Å². The van der Waals surface area contributed by atoms with E-state index in [1.807, 2.05) is 5.32 Å². The smallest absolute Gasteiger partial charge is 0.273 e. The maximum atomic E-state index is 12.6. The Labute approximate surface area is 195 Å². The van der Waals surface area contributed by atoms with E-state index in [0.29, 0.717) is 17.1 Å². The number of anilines is 4. The molecule has 0 unspecified atom stereocenters. The van der Waals surface area contributed by atoms with Crippen molar-refractivity contribution in [2.75, 3.05) is 23.9 Å². The van der Waals surface area contributed by atoms with Crippen molar-refractivity contribution in [2.45, 2.75) is 31.3 Å². The summed E-state index contributed by atoms with van der Waals surface area (Å²) >= 11 is 0. The van der Waals surface area contributed by atoms with Crippen LogP contribution in [0.15, 0.2) is 41.4 Å². The van der Waals surface area contributed by atoms with Gasteiger partial charge < -0.3 is 21.1 Å². The molecule has 33 heavy (non-hydrogen) atoms. The first-order valence-corrected chi connectivity index (χ1v) is 11.5. The van der Waals surface area contributed by atoms with Crippen LogP contribution in [0, 0.1) is 6.92 Å². The summed E-state index contributed by atoms with van der Waals surface area (Å²) < 4.78 is 46.4. The third-order valence-corrected chi connectivity index (χ3v) is 5.63. The van der Waals surface area contributed by atoms with Crippen LogP contribution in [0.4, 0.5) is 23.1 Å². The number of aryl methyl sites for hydroxylation is 1. The van der Waals surface area contributed by atoms with E-state index in [-0.39, 0.29) is 22.2 Å². The van der Waals surface area contributed by atoms with Gasteiger partial charge >= 0.3 is 0 Å². The molecule has 0 aromatic carbocycles. The fraction of sp³-hybridized carbons (Fsp3) is 0.286. The molecule has 4 N–H and O–H groups in total. The van der Waals surface area contributed by atoms with Gasteiger partial charge in [-0.1, -0.05) is 6.07 Å². The lowest BCUT2D eigenvalue weighted by molar-refractivity contribution is 0.0782. The first kappa shape index (κ1) is 20.0. The summed E-state index contributed by atoms with van der Waals surface area (Å²) in [5.41, 5.74) is -0.458. The van der Waals surface area contributed by atoms with Crippen molar-refractivity contribution in [1.82, 2.24) is 25.5 Å². The lowest BCUT2D eigenvalue weighted by Gasteiger charge is -2.17. The molecular formula is C21H25N7O4S. The van der Waals surface area contributed by atoms with E-state index in [0.717, 1.165) is 6.26 Å². The number of aliphatic hydroxyl groups is 1. The SMILES string of the molecule is [2H]C([2H])([2H])NC(=O)c1nnc(Nc2ccc(C(C)(C)O)cn2)cc1Nc1nc(C)ccc1S(C)(=O)=O. The van der Waals surface area contributed by atoms with E-state index in [4.69, 9.17) is 4.11 Å². The number of sulfone groups is 1. The van der Waals surface area contributed by atoms with Crippen LogP contribution in [-0.2, 0) is 15.4 Å². The monoisotopic (exact) mass is 474 g/mol. The maximum Gasteiger partial charge on any atom is 0.273 e. The Morgan fingerprint density at radius 2 is 1.88 bits per heavy atom. The van der Waals surface area contributed by atoms with Crippen molar-refractivity contribution in [3.63, 3.8) is 0 Å². The predicted octanol–water partition coefficient (Wildman–Crippen LogP) is 2.05. The van der Waals surface area contributed by atoms with Gasteiger partial charge in [0.25, 0.3) is 5.91 Å². The lowest BCUT2D eigenvalue weighted by atomic mass is 10.0. The molecule has 0 aliphatic rings. The Balaban J connectivity index is 2.04. The van der Waals surface area contributed by atoms with Crippen LogP contribution in [0.2, 0.25) is 0 Å². The van der Waals surface area contributed by atoms with Crippen molar-refractivity contribution >= 4 is 38.9 Å². The van der Waals surface area contributed by atoms with E-state index >= 15 is 0 Å². The largest absolute Gasteiger partial charge is 0.386 e. The van der Waals surface area contributed by atoms with E-state index < -0.39 is 34.0 Å². The third kappa shape index (κ3) is 5.79. The summed E-state index contributed by atoms with van der Waals surface area (Å²) in [5.74, 6) is -0.682. The van der Waals surface area contributed by atoms with Crippen molar-refractivity contribution in [3.05, 3.63) is 53.5 Å². The molecule has 0 aliphatic heterocycles. The Kier molecular flexibility index (Phi) is 5.50. The summed E-state index contributed by atoms with van der Waals surface area (Å²) in [6.07, 6.45) is 2.48. The van der Waals surface area contributed by atoms with Gasteiger partial charge in [-0.15, -0.1) is 10.2 Å². The van der Waals surface area contributed by atoms with Crippen LogP contribution in [0.5, 0.6) is 0 Å². The number of aromatic nitrogens is 4. The number of hydrogen-bond donors (Lipinski definition) is 4. The predicted molar refractivity (Wildman–Crippen MR) is 124 cm³/mol. The van der Waals surface area contributed by atoms with Gasteiger partial charge in [0.15, 0.2) is 21.3 Å². The first-order chi connectivity index (χ1) is 16.5. The quantitative estimate of drug-likeness (QED) is 0.399. The Bertz CT molecular complexity index is 1390. The number of nitrogens with zero attached hydrogens (tertiary/aromatic N) is 4. The van der Waals surface area contributed by atoms with E-state index in [9.17, 15) is 18.3 Å². The number of amides is 1. The van der Waals surface area contributed by atoms with E-state index in [1.165, 1.54) is 24.4 Å². The van der Waals surface area contributed by atoms with Gasteiger partial charge in [-0.3, -0.25) is 4.79 Å². The van der Waals surface area contributed by atoms with E-state index in [1.54, 1.807) is 32.9 Å². The molecule has 1 amide bonds. The van der Waals surface area contributed by atoms with Gasteiger partial charge in [0, 0.05) is 40.9 Å². The molecule has 0 fully saturated rings. The molecule has 174 valence electrons. The molecule has 0 bridgehead atoms. The Hall–Kier alpha value is -3.64.